The van der Waals surface area contributed by atoms with Gasteiger partial charge in [0.1, 0.15) is 0 Å². The van der Waals surface area contributed by atoms with Crippen molar-refractivity contribution in [2.75, 3.05) is 0 Å². The third-order valence-corrected chi connectivity index (χ3v) is 3.35. The number of nitrogens with zero attached hydrogens (tertiary/aromatic N) is 1. The van der Waals surface area contributed by atoms with Gasteiger partial charge in [-0.15, -0.1) is 0 Å². The minimum atomic E-state index is -0.587. The molecular weight excluding hydrogens is 255 g/mol. The molecule has 0 aliphatic rings. The van der Waals surface area contributed by atoms with E-state index in [0.29, 0.717) is 0 Å². The van der Waals surface area contributed by atoms with Gasteiger partial charge in [0.05, 0.1) is 0 Å². The average Bonchev–Trinajstić information content (AvgIpc) is 2.29. The molecule has 0 aliphatic heterocycles. The van der Waals surface area contributed by atoms with E-state index in [1.165, 1.54) is 0 Å². The molecule has 79 valence electrons. The summed E-state index contributed by atoms with van der Waals surface area (Å²) in [5, 5.41) is 0. The Labute approximate surface area is 107 Å². The summed E-state index contributed by atoms with van der Waals surface area (Å²) in [6.45, 7) is 3.81. The van der Waals surface area contributed by atoms with E-state index in [9.17, 15) is 0 Å². The van der Waals surface area contributed by atoms with Gasteiger partial charge in [0.15, 0.2) is 0 Å². The van der Waals surface area contributed by atoms with Crippen molar-refractivity contribution in [1.82, 2.24) is 4.98 Å². The quantitative estimate of drug-likeness (QED) is 0.764. The molecule has 1 heterocycles. The molecule has 0 amide bonds. The van der Waals surface area contributed by atoms with Crippen molar-refractivity contribution in [2.45, 2.75) is 19.7 Å². The van der Waals surface area contributed by atoms with Crippen LogP contribution >= 0.6 is 0 Å². The molecule has 1 aromatic carbocycles. The predicted molar refractivity (Wildman–Crippen MR) is 69.2 cm³/mol. The van der Waals surface area contributed by atoms with Gasteiger partial charge in [-0.1, -0.05) is 0 Å². The second-order valence-corrected chi connectivity index (χ2v) is 5.11. The van der Waals surface area contributed by atoms with Gasteiger partial charge in [-0.25, -0.2) is 0 Å². The van der Waals surface area contributed by atoms with E-state index in [2.05, 4.69) is 4.98 Å². The molecule has 0 saturated heterocycles. The zero-order valence-corrected chi connectivity index (χ0v) is 11.6. The summed E-state index contributed by atoms with van der Waals surface area (Å²) < 4.78 is 9.22. The summed E-state index contributed by atoms with van der Waals surface area (Å²) in [7, 11) is 0. The fourth-order valence-electron chi connectivity index (χ4n) is 1.64. The molecule has 0 atom stereocenters. The molecule has 1 nitrogen and oxygen atoms in total. The summed E-state index contributed by atoms with van der Waals surface area (Å²) in [6, 6.07) is 12.1. The monoisotopic (exact) mass is 271 g/mol. The number of hydrogen-bond acceptors (Lipinski definition) is 1. The minimum absolute atomic E-state index is 0.587. The van der Waals surface area contributed by atoms with Crippen molar-refractivity contribution in [3.63, 3.8) is 0 Å². The molecule has 1 aromatic heterocycles. The second kappa shape index (κ2) is 4.83. The van der Waals surface area contributed by atoms with Crippen LogP contribution in [0.15, 0.2) is 42.6 Å². The van der Waals surface area contributed by atoms with Gasteiger partial charge in [0.25, 0.3) is 0 Å². The number of pyridine rings is 1. The Morgan fingerprint density at radius 1 is 1.25 bits per heavy atom. The van der Waals surface area contributed by atoms with E-state index >= 15 is 0 Å². The van der Waals surface area contributed by atoms with E-state index in [1.54, 1.807) is 0 Å². The molecule has 2 rings (SSSR count). The van der Waals surface area contributed by atoms with Crippen molar-refractivity contribution < 1.29 is 1.37 Å². The van der Waals surface area contributed by atoms with E-state index in [1.807, 2.05) is 73.0 Å². The summed E-state index contributed by atoms with van der Waals surface area (Å²) in [6.07, 6.45) is 1.86. The van der Waals surface area contributed by atoms with Crippen LogP contribution in [0, 0.1) is 0 Å². The SMILES string of the molecule is [2H]C(C)(C)c1cc(-c2ccccc2)nc[c]1[Ge]. The third-order valence-electron chi connectivity index (χ3n) is 2.51. The molecular formula is C14H14GeN. The molecule has 0 N–H and O–H groups in total. The Balaban J connectivity index is 2.53. The molecule has 3 radical (unpaired) electrons. The Morgan fingerprint density at radius 2 is 1.94 bits per heavy atom. The standard InChI is InChI=1S/C14H14GeN/c1-10(2)12-8-14(16-9-13(12)15)11-6-4-3-5-7-11/h3-10H,1-2H3/i10D. The molecule has 0 spiro atoms. The molecule has 0 aliphatic carbocycles. The van der Waals surface area contributed by atoms with Crippen molar-refractivity contribution in [3.8, 4) is 11.3 Å². The second-order valence-electron chi connectivity index (χ2n) is 3.98. The van der Waals surface area contributed by atoms with Gasteiger partial charge >= 0.3 is 106 Å². The first kappa shape index (κ1) is 10.1. The van der Waals surface area contributed by atoms with Crippen molar-refractivity contribution in [3.05, 3.63) is 48.2 Å². The van der Waals surface area contributed by atoms with Crippen LogP contribution in [-0.2, 0) is 0 Å². The molecule has 0 fully saturated rings. The molecule has 0 unspecified atom stereocenters. The van der Waals surface area contributed by atoms with E-state index in [4.69, 9.17) is 1.37 Å². The van der Waals surface area contributed by atoms with Crippen LogP contribution in [0.25, 0.3) is 11.3 Å². The number of hydrogen-bond donors (Lipinski definition) is 0. The molecule has 0 bridgehead atoms. The normalized spacial score (nSPS) is 12.3. The topological polar surface area (TPSA) is 12.9 Å². The summed E-state index contributed by atoms with van der Waals surface area (Å²) in [4.78, 5) is 4.44. The van der Waals surface area contributed by atoms with Gasteiger partial charge < -0.3 is 0 Å². The molecule has 0 saturated carbocycles. The first-order chi connectivity index (χ1) is 7.98. The van der Waals surface area contributed by atoms with Crippen LogP contribution in [0.4, 0.5) is 0 Å². The van der Waals surface area contributed by atoms with E-state index < -0.39 is 5.89 Å². The molecule has 2 aromatic rings. The third kappa shape index (κ3) is 2.35. The summed E-state index contributed by atoms with van der Waals surface area (Å²) >= 11 is 2.01. The fourth-order valence-corrected chi connectivity index (χ4v) is 2.45. The van der Waals surface area contributed by atoms with Gasteiger partial charge in [0.2, 0.25) is 0 Å². The number of benzene rings is 1. The van der Waals surface area contributed by atoms with Crippen molar-refractivity contribution in [1.29, 1.82) is 0 Å². The Bertz CT molecular complexity index is 517. The summed E-state index contributed by atoms with van der Waals surface area (Å²) in [5.41, 5.74) is 3.07. The Morgan fingerprint density at radius 3 is 2.56 bits per heavy atom. The van der Waals surface area contributed by atoms with E-state index in [0.717, 1.165) is 21.2 Å². The van der Waals surface area contributed by atoms with Crippen LogP contribution in [0.3, 0.4) is 0 Å². The number of aromatic nitrogens is 1. The van der Waals surface area contributed by atoms with Crippen LogP contribution in [0.1, 0.15) is 26.7 Å². The molecule has 16 heavy (non-hydrogen) atoms. The molecule has 2 heteroatoms. The zero-order chi connectivity index (χ0) is 12.5. The van der Waals surface area contributed by atoms with Gasteiger partial charge in [0, 0.05) is 0 Å². The van der Waals surface area contributed by atoms with Crippen LogP contribution in [0.2, 0.25) is 0 Å². The maximum atomic E-state index is 8.15. The van der Waals surface area contributed by atoms with Crippen LogP contribution in [-0.4, -0.2) is 21.5 Å². The van der Waals surface area contributed by atoms with Crippen LogP contribution in [0.5, 0.6) is 0 Å². The van der Waals surface area contributed by atoms with E-state index in [-0.39, 0.29) is 0 Å². The van der Waals surface area contributed by atoms with Gasteiger partial charge in [-0.3, -0.25) is 0 Å². The zero-order valence-electron chi connectivity index (χ0n) is 10.5. The van der Waals surface area contributed by atoms with Crippen LogP contribution < -0.4 is 4.40 Å². The average molecular weight is 270 g/mol. The first-order valence-electron chi connectivity index (χ1n) is 5.76. The first-order valence-corrected chi connectivity index (χ1v) is 6.31. The number of rotatable bonds is 2. The summed E-state index contributed by atoms with van der Waals surface area (Å²) in [5.74, 6) is -0.587. The van der Waals surface area contributed by atoms with Crippen molar-refractivity contribution in [2.24, 2.45) is 0 Å². The van der Waals surface area contributed by atoms with Crippen molar-refractivity contribution >= 4 is 20.9 Å². The Kier molecular flexibility index (Phi) is 3.05. The van der Waals surface area contributed by atoms with Gasteiger partial charge in [-0.05, 0) is 0 Å². The predicted octanol–water partition coefficient (Wildman–Crippen LogP) is 2.67. The van der Waals surface area contributed by atoms with Gasteiger partial charge in [-0.2, -0.15) is 0 Å². The maximum absolute atomic E-state index is 8.15. The Hall–Kier alpha value is -1.09. The fraction of sp³-hybridized carbons (Fsp3) is 0.214.